The van der Waals surface area contributed by atoms with Crippen LogP contribution in [0.2, 0.25) is 0 Å². The number of hydrogen-bond donors (Lipinski definition) is 1. The van der Waals surface area contributed by atoms with Crippen molar-refractivity contribution in [1.29, 1.82) is 0 Å². The molecule has 1 aromatic heterocycles. The van der Waals surface area contributed by atoms with Gasteiger partial charge in [-0.25, -0.2) is 0 Å². The van der Waals surface area contributed by atoms with Crippen molar-refractivity contribution in [3.05, 3.63) is 30.1 Å². The van der Waals surface area contributed by atoms with Crippen LogP contribution in [0.1, 0.15) is 48.9 Å². The number of amides is 1. The summed E-state index contributed by atoms with van der Waals surface area (Å²) < 4.78 is 39.4. The minimum Gasteiger partial charge on any atom is -0.368 e. The highest BCUT2D eigenvalue weighted by Gasteiger charge is 2.55. The first-order valence-corrected chi connectivity index (χ1v) is 7.94. The topological polar surface area (TPSA) is 65.8 Å². The third-order valence-corrected chi connectivity index (χ3v) is 4.70. The maximum absolute atomic E-state index is 13.1. The summed E-state index contributed by atoms with van der Waals surface area (Å²) in [6, 6.07) is 2.95. The van der Waals surface area contributed by atoms with Crippen molar-refractivity contribution in [1.82, 2.24) is 9.99 Å². The minimum atomic E-state index is -4.67. The fourth-order valence-corrected chi connectivity index (χ4v) is 3.44. The van der Waals surface area contributed by atoms with E-state index in [9.17, 15) is 23.1 Å². The fraction of sp³-hybridized carbons (Fsp3) is 0.562. The average molecular weight is 341 g/mol. The molecule has 1 aliphatic carbocycles. The lowest BCUT2D eigenvalue weighted by molar-refractivity contribution is -0.123. The summed E-state index contributed by atoms with van der Waals surface area (Å²) in [6.07, 6.45) is 1.13. The molecule has 2 heterocycles. The van der Waals surface area contributed by atoms with Gasteiger partial charge in [-0.3, -0.25) is 9.78 Å². The number of aromatic nitrogens is 1. The van der Waals surface area contributed by atoms with Gasteiger partial charge in [-0.2, -0.15) is 23.3 Å². The van der Waals surface area contributed by atoms with Gasteiger partial charge in [0.15, 0.2) is 5.72 Å². The van der Waals surface area contributed by atoms with Gasteiger partial charge in [-0.1, -0.05) is 19.3 Å². The van der Waals surface area contributed by atoms with Crippen molar-refractivity contribution >= 4 is 11.6 Å². The molecule has 1 aromatic rings. The van der Waals surface area contributed by atoms with Gasteiger partial charge in [0, 0.05) is 24.7 Å². The van der Waals surface area contributed by atoms with E-state index in [1.54, 1.807) is 0 Å². The molecule has 1 fully saturated rings. The highest BCUT2D eigenvalue weighted by molar-refractivity contribution is 5.99. The van der Waals surface area contributed by atoms with E-state index in [4.69, 9.17) is 0 Å². The molecule has 24 heavy (non-hydrogen) atoms. The summed E-state index contributed by atoms with van der Waals surface area (Å²) >= 11 is 0. The molecular formula is C16H18F3N3O2. The monoisotopic (exact) mass is 341 g/mol. The second-order valence-electron chi connectivity index (χ2n) is 6.29. The van der Waals surface area contributed by atoms with Gasteiger partial charge < -0.3 is 5.11 Å². The quantitative estimate of drug-likeness (QED) is 0.899. The number of carbonyl (C=O) groups is 1. The van der Waals surface area contributed by atoms with Crippen LogP contribution in [0.4, 0.5) is 13.2 Å². The van der Waals surface area contributed by atoms with E-state index in [-0.39, 0.29) is 5.56 Å². The molecule has 3 rings (SSSR count). The van der Waals surface area contributed by atoms with Gasteiger partial charge in [-0.05, 0) is 25.0 Å². The molecule has 1 N–H and O–H groups in total. The molecule has 1 saturated carbocycles. The molecule has 0 spiro atoms. The number of carbonyl (C=O) groups excluding carboxylic acids is 1. The lowest BCUT2D eigenvalue weighted by Gasteiger charge is -2.39. The second-order valence-corrected chi connectivity index (χ2v) is 6.29. The molecule has 0 aromatic carbocycles. The summed E-state index contributed by atoms with van der Waals surface area (Å²) in [7, 11) is 0. The Hall–Kier alpha value is -1.96. The Morgan fingerprint density at radius 1 is 1.29 bits per heavy atom. The van der Waals surface area contributed by atoms with Crippen LogP contribution in [0.15, 0.2) is 29.6 Å². The number of hydrogen-bond acceptors (Lipinski definition) is 4. The van der Waals surface area contributed by atoms with Crippen LogP contribution in [0.3, 0.4) is 0 Å². The summed E-state index contributed by atoms with van der Waals surface area (Å²) in [5.41, 5.74) is -2.95. The van der Waals surface area contributed by atoms with Crippen LogP contribution in [0, 0.1) is 5.92 Å². The van der Waals surface area contributed by atoms with Gasteiger partial charge in [0.1, 0.15) is 5.71 Å². The lowest BCUT2D eigenvalue weighted by atomic mass is 9.79. The molecule has 0 radical (unpaired) electrons. The van der Waals surface area contributed by atoms with Crippen LogP contribution in [-0.2, 0) is 0 Å². The highest BCUT2D eigenvalue weighted by Crippen LogP contribution is 2.43. The van der Waals surface area contributed by atoms with Gasteiger partial charge in [0.05, 0.1) is 5.56 Å². The first-order chi connectivity index (χ1) is 11.3. The van der Waals surface area contributed by atoms with Crippen molar-refractivity contribution in [2.75, 3.05) is 0 Å². The van der Waals surface area contributed by atoms with Crippen molar-refractivity contribution in [3.63, 3.8) is 0 Å². The van der Waals surface area contributed by atoms with E-state index in [2.05, 4.69) is 10.1 Å². The molecule has 1 amide bonds. The smallest absolute Gasteiger partial charge is 0.368 e. The zero-order valence-corrected chi connectivity index (χ0v) is 13.0. The molecule has 1 aliphatic heterocycles. The maximum atomic E-state index is 13.1. The fourth-order valence-electron chi connectivity index (χ4n) is 3.44. The number of rotatable bonds is 2. The zero-order chi connectivity index (χ0) is 17.4. The lowest BCUT2D eigenvalue weighted by Crippen LogP contribution is -2.52. The number of aliphatic hydroxyl groups is 1. The highest BCUT2D eigenvalue weighted by atomic mass is 19.4. The molecule has 0 unspecified atom stereocenters. The molecule has 0 bridgehead atoms. The first kappa shape index (κ1) is 16.9. The Kier molecular flexibility index (Phi) is 4.33. The van der Waals surface area contributed by atoms with E-state index in [0.29, 0.717) is 17.9 Å². The van der Waals surface area contributed by atoms with Crippen molar-refractivity contribution in [3.8, 4) is 0 Å². The molecule has 1 atom stereocenters. The largest absolute Gasteiger partial charge is 0.431 e. The Bertz CT molecular complexity index is 642. The summed E-state index contributed by atoms with van der Waals surface area (Å²) in [5, 5.41) is 15.1. The number of alkyl halides is 3. The number of pyridine rings is 1. The second kappa shape index (κ2) is 6.16. The van der Waals surface area contributed by atoms with Crippen molar-refractivity contribution < 1.29 is 23.1 Å². The molecular weight excluding hydrogens is 323 g/mol. The molecule has 5 nitrogen and oxygen atoms in total. The van der Waals surface area contributed by atoms with E-state index in [1.165, 1.54) is 24.5 Å². The van der Waals surface area contributed by atoms with E-state index >= 15 is 0 Å². The Morgan fingerprint density at radius 2 is 2.00 bits per heavy atom. The van der Waals surface area contributed by atoms with Crippen molar-refractivity contribution in [2.24, 2.45) is 11.0 Å². The van der Waals surface area contributed by atoms with Gasteiger partial charge in [0.25, 0.3) is 5.91 Å². The maximum Gasteiger partial charge on any atom is 0.431 e. The Balaban J connectivity index is 1.96. The van der Waals surface area contributed by atoms with Gasteiger partial charge >= 0.3 is 6.18 Å². The summed E-state index contributed by atoms with van der Waals surface area (Å²) in [4.78, 5) is 16.4. The predicted molar refractivity (Wildman–Crippen MR) is 80.0 cm³/mol. The molecule has 8 heteroatoms. The number of nitrogens with zero attached hydrogens (tertiary/aromatic N) is 3. The van der Waals surface area contributed by atoms with Crippen molar-refractivity contribution in [2.45, 2.75) is 50.4 Å². The predicted octanol–water partition coefficient (Wildman–Crippen LogP) is 3.11. The third kappa shape index (κ3) is 3.02. The standard InChI is InChI=1S/C16H18F3N3O2/c17-16(18,19)13-9-15(24,12-6-2-1-3-7-12)22(21-13)14(23)11-5-4-8-20-10-11/h4-5,8,10,12,24H,1-3,6-7,9H2/t15-/m0/s1. The molecule has 130 valence electrons. The van der Waals surface area contributed by atoms with E-state index in [0.717, 1.165) is 19.3 Å². The van der Waals surface area contributed by atoms with Crippen LogP contribution in [-0.4, -0.2) is 38.6 Å². The minimum absolute atomic E-state index is 0.0962. The summed E-state index contributed by atoms with van der Waals surface area (Å²) in [6.45, 7) is 0. The van der Waals surface area contributed by atoms with Gasteiger partial charge in [-0.15, -0.1) is 0 Å². The zero-order valence-electron chi connectivity index (χ0n) is 13.0. The van der Waals surface area contributed by atoms with Gasteiger partial charge in [0.2, 0.25) is 0 Å². The number of hydrazone groups is 1. The molecule has 0 saturated heterocycles. The third-order valence-electron chi connectivity index (χ3n) is 4.70. The first-order valence-electron chi connectivity index (χ1n) is 7.94. The van der Waals surface area contributed by atoms with E-state index in [1.807, 2.05) is 0 Å². The summed E-state index contributed by atoms with van der Waals surface area (Å²) in [5.74, 6) is -1.19. The average Bonchev–Trinajstić information content (AvgIpc) is 2.95. The van der Waals surface area contributed by atoms with Crippen LogP contribution < -0.4 is 0 Å². The Labute approximate surface area is 137 Å². The SMILES string of the molecule is O=C(c1cccnc1)N1N=C(C(F)(F)F)C[C@]1(O)C1CCCCC1. The van der Waals surface area contributed by atoms with E-state index < -0.39 is 35.9 Å². The Morgan fingerprint density at radius 3 is 2.58 bits per heavy atom. The number of halogens is 3. The van der Waals surface area contributed by atoms with Crippen LogP contribution in [0.25, 0.3) is 0 Å². The normalized spacial score (nSPS) is 25.7. The molecule has 2 aliphatic rings. The van der Waals surface area contributed by atoms with Crippen LogP contribution in [0.5, 0.6) is 0 Å². The van der Waals surface area contributed by atoms with Crippen LogP contribution >= 0.6 is 0 Å².